The van der Waals surface area contributed by atoms with Crippen molar-refractivity contribution in [3.05, 3.63) is 40.2 Å². The van der Waals surface area contributed by atoms with E-state index in [1.54, 1.807) is 18.2 Å². The van der Waals surface area contributed by atoms with Gasteiger partial charge >= 0.3 is 0 Å². The molecule has 1 aliphatic rings. The first-order valence-electron chi connectivity index (χ1n) is 8.37. The van der Waals surface area contributed by atoms with Gasteiger partial charge < -0.3 is 15.4 Å². The predicted molar refractivity (Wildman–Crippen MR) is 98.3 cm³/mol. The average Bonchev–Trinajstić information content (AvgIpc) is 2.87. The smallest absolute Gasteiger partial charge is 0.278 e. The predicted octanol–water partition coefficient (Wildman–Crippen LogP) is 2.58. The van der Waals surface area contributed by atoms with Crippen LogP contribution >= 0.6 is 11.6 Å². The highest BCUT2D eigenvalue weighted by Crippen LogP contribution is 2.35. The van der Waals surface area contributed by atoms with Gasteiger partial charge in [0.05, 0.1) is 11.4 Å². The highest BCUT2D eigenvalue weighted by molar-refractivity contribution is 6.31. The highest BCUT2D eigenvalue weighted by Gasteiger charge is 2.47. The van der Waals surface area contributed by atoms with Crippen LogP contribution in [-0.4, -0.2) is 27.2 Å². The van der Waals surface area contributed by atoms with Crippen molar-refractivity contribution in [2.75, 3.05) is 5.32 Å². The Balaban J connectivity index is 1.78. The lowest BCUT2D eigenvalue weighted by Crippen LogP contribution is -2.58. The summed E-state index contributed by atoms with van der Waals surface area (Å²) in [5.74, 6) is -0.654. The van der Waals surface area contributed by atoms with E-state index in [-0.39, 0.29) is 6.54 Å². The maximum atomic E-state index is 12.7. The zero-order valence-corrected chi connectivity index (χ0v) is 15.9. The van der Waals surface area contributed by atoms with E-state index >= 15 is 0 Å². The van der Waals surface area contributed by atoms with E-state index in [0.717, 1.165) is 23.5 Å². The topological polar surface area (TPSA) is 85.2 Å². The lowest BCUT2D eigenvalue weighted by molar-refractivity contribution is -0.146. The molecule has 1 aromatic carbocycles. The molecular weight excluding hydrogens is 356 g/mol. The molecule has 26 heavy (non-hydrogen) atoms. The van der Waals surface area contributed by atoms with Gasteiger partial charge in [0, 0.05) is 29.4 Å². The first kappa shape index (κ1) is 18.3. The third kappa shape index (κ3) is 3.03. The van der Waals surface area contributed by atoms with Crippen molar-refractivity contribution in [3.8, 4) is 5.75 Å². The molecule has 0 saturated heterocycles. The van der Waals surface area contributed by atoms with Crippen LogP contribution in [-0.2, 0) is 22.7 Å². The second kappa shape index (κ2) is 6.64. The third-order valence-electron chi connectivity index (χ3n) is 4.63. The maximum absolute atomic E-state index is 12.7. The fraction of sp³-hybridized carbons (Fsp3) is 0.389. The van der Waals surface area contributed by atoms with E-state index in [4.69, 9.17) is 16.3 Å². The Kier molecular flexibility index (Phi) is 4.66. The third-order valence-corrected chi connectivity index (χ3v) is 4.86. The Hall–Kier alpha value is -2.54. The number of hydrogen-bond acceptors (Lipinski definition) is 4. The SMILES string of the molecule is CCn1nc(C)c(CNC(=O)C2(C)Oc3ccc(Cl)cc3NC2=O)c1C. The molecule has 1 atom stereocenters. The van der Waals surface area contributed by atoms with Crippen LogP contribution in [0.15, 0.2) is 18.2 Å². The van der Waals surface area contributed by atoms with Gasteiger partial charge in [-0.15, -0.1) is 0 Å². The first-order chi connectivity index (χ1) is 12.3. The summed E-state index contributed by atoms with van der Waals surface area (Å²) in [4.78, 5) is 25.2. The number of benzene rings is 1. The summed E-state index contributed by atoms with van der Waals surface area (Å²) >= 11 is 5.93. The lowest BCUT2D eigenvalue weighted by Gasteiger charge is -2.33. The standard InChI is InChI=1S/C18H21ClN4O3/c1-5-23-11(3)13(10(2)22-23)9-20-16(24)18(4)17(25)21-14-8-12(19)6-7-15(14)26-18/h6-8H,5,9H2,1-4H3,(H,20,24)(H,21,25). The van der Waals surface area contributed by atoms with Gasteiger partial charge in [-0.25, -0.2) is 0 Å². The van der Waals surface area contributed by atoms with Crippen LogP contribution in [0.3, 0.4) is 0 Å². The minimum absolute atomic E-state index is 0.274. The summed E-state index contributed by atoms with van der Waals surface area (Å²) in [6.07, 6.45) is 0. The normalized spacial score (nSPS) is 18.7. The summed E-state index contributed by atoms with van der Waals surface area (Å²) in [7, 11) is 0. The molecule has 0 radical (unpaired) electrons. The zero-order valence-electron chi connectivity index (χ0n) is 15.1. The molecule has 2 N–H and O–H groups in total. The Morgan fingerprint density at radius 1 is 1.42 bits per heavy atom. The Morgan fingerprint density at radius 2 is 2.15 bits per heavy atom. The zero-order chi connectivity index (χ0) is 19.1. The molecule has 0 fully saturated rings. The average molecular weight is 377 g/mol. The van der Waals surface area contributed by atoms with Crippen molar-refractivity contribution in [3.63, 3.8) is 0 Å². The Morgan fingerprint density at radius 3 is 2.81 bits per heavy atom. The number of anilines is 1. The molecule has 7 nitrogen and oxygen atoms in total. The number of ether oxygens (including phenoxy) is 1. The second-order valence-electron chi connectivity index (χ2n) is 6.38. The van der Waals surface area contributed by atoms with Crippen molar-refractivity contribution in [2.45, 2.75) is 46.4 Å². The molecule has 2 amide bonds. The minimum atomic E-state index is -1.66. The van der Waals surface area contributed by atoms with Crippen LogP contribution in [0, 0.1) is 13.8 Å². The second-order valence-corrected chi connectivity index (χ2v) is 6.81. The van der Waals surface area contributed by atoms with Crippen molar-refractivity contribution in [1.82, 2.24) is 15.1 Å². The number of aryl methyl sites for hydroxylation is 2. The fourth-order valence-corrected chi connectivity index (χ4v) is 3.15. The Bertz CT molecular complexity index is 893. The van der Waals surface area contributed by atoms with Crippen LogP contribution in [0.5, 0.6) is 5.75 Å². The quantitative estimate of drug-likeness (QED) is 0.803. The molecular formula is C18H21ClN4O3. The number of fused-ring (bicyclic) bond motifs is 1. The van der Waals surface area contributed by atoms with Crippen molar-refractivity contribution in [1.29, 1.82) is 0 Å². The highest BCUT2D eigenvalue weighted by atomic mass is 35.5. The van der Waals surface area contributed by atoms with E-state index in [0.29, 0.717) is 16.5 Å². The van der Waals surface area contributed by atoms with Gasteiger partial charge in [-0.2, -0.15) is 5.10 Å². The van der Waals surface area contributed by atoms with Crippen LogP contribution in [0.1, 0.15) is 30.8 Å². The summed E-state index contributed by atoms with van der Waals surface area (Å²) < 4.78 is 7.60. The summed E-state index contributed by atoms with van der Waals surface area (Å²) in [6, 6.07) is 4.85. The monoisotopic (exact) mass is 376 g/mol. The van der Waals surface area contributed by atoms with Gasteiger partial charge in [-0.1, -0.05) is 11.6 Å². The van der Waals surface area contributed by atoms with E-state index in [9.17, 15) is 9.59 Å². The molecule has 0 aliphatic carbocycles. The first-order valence-corrected chi connectivity index (χ1v) is 8.75. The molecule has 138 valence electrons. The van der Waals surface area contributed by atoms with Crippen LogP contribution in [0.4, 0.5) is 5.69 Å². The number of rotatable bonds is 4. The van der Waals surface area contributed by atoms with Gasteiger partial charge in [-0.05, 0) is 45.9 Å². The lowest BCUT2D eigenvalue weighted by atomic mass is 10.0. The number of nitrogens with zero attached hydrogens (tertiary/aromatic N) is 2. The van der Waals surface area contributed by atoms with E-state index < -0.39 is 17.4 Å². The minimum Gasteiger partial charge on any atom is -0.466 e. The van der Waals surface area contributed by atoms with Gasteiger partial charge in [-0.3, -0.25) is 14.3 Å². The van der Waals surface area contributed by atoms with E-state index in [1.165, 1.54) is 6.92 Å². The molecule has 2 aromatic rings. The van der Waals surface area contributed by atoms with E-state index in [2.05, 4.69) is 15.7 Å². The van der Waals surface area contributed by atoms with Crippen molar-refractivity contribution in [2.24, 2.45) is 0 Å². The van der Waals surface area contributed by atoms with Crippen molar-refractivity contribution < 1.29 is 14.3 Å². The number of carbonyl (C=O) groups excluding carboxylic acids is 2. The molecule has 1 aromatic heterocycles. The number of halogens is 1. The molecule has 1 unspecified atom stereocenters. The fourth-order valence-electron chi connectivity index (χ4n) is 2.98. The van der Waals surface area contributed by atoms with Crippen LogP contribution in [0.2, 0.25) is 5.02 Å². The largest absolute Gasteiger partial charge is 0.466 e. The van der Waals surface area contributed by atoms with Gasteiger partial charge in [0.15, 0.2) is 0 Å². The van der Waals surface area contributed by atoms with Gasteiger partial charge in [0.1, 0.15) is 5.75 Å². The molecule has 0 bridgehead atoms. The molecule has 0 spiro atoms. The molecule has 2 heterocycles. The molecule has 3 rings (SSSR count). The van der Waals surface area contributed by atoms with Gasteiger partial charge in [0.25, 0.3) is 17.4 Å². The molecule has 0 saturated carbocycles. The Labute approximate surface area is 156 Å². The van der Waals surface area contributed by atoms with E-state index in [1.807, 2.05) is 25.5 Å². The molecule has 1 aliphatic heterocycles. The maximum Gasteiger partial charge on any atom is 0.278 e. The summed E-state index contributed by atoms with van der Waals surface area (Å²) in [6.45, 7) is 8.33. The number of aromatic nitrogens is 2. The molecule has 8 heteroatoms. The van der Waals surface area contributed by atoms with Gasteiger partial charge in [0.2, 0.25) is 0 Å². The van der Waals surface area contributed by atoms with Crippen LogP contribution in [0.25, 0.3) is 0 Å². The number of hydrogen-bond donors (Lipinski definition) is 2. The summed E-state index contributed by atoms with van der Waals surface area (Å²) in [5.41, 5.74) is 1.56. The summed E-state index contributed by atoms with van der Waals surface area (Å²) in [5, 5.41) is 10.4. The number of nitrogens with one attached hydrogen (secondary N) is 2. The van der Waals surface area contributed by atoms with Crippen molar-refractivity contribution >= 4 is 29.1 Å². The van der Waals surface area contributed by atoms with Crippen LogP contribution < -0.4 is 15.4 Å². The number of amides is 2. The number of carbonyl (C=O) groups is 2.